The van der Waals surface area contributed by atoms with Crippen molar-refractivity contribution in [2.45, 2.75) is 24.9 Å². The molecule has 1 atom stereocenters. The highest BCUT2D eigenvalue weighted by Crippen LogP contribution is 2.24. The highest BCUT2D eigenvalue weighted by atomic mass is 19.1. The van der Waals surface area contributed by atoms with E-state index in [2.05, 4.69) is 0 Å². The molecule has 0 aliphatic rings. The lowest BCUT2D eigenvalue weighted by atomic mass is 9.92. The van der Waals surface area contributed by atoms with Crippen LogP contribution in [0.3, 0.4) is 0 Å². The van der Waals surface area contributed by atoms with Gasteiger partial charge in [-0.3, -0.25) is 0 Å². The molecule has 1 rings (SSSR count). The number of methoxy groups -OCH3 is 1. The number of benzene rings is 1. The van der Waals surface area contributed by atoms with Crippen LogP contribution in [-0.4, -0.2) is 25.9 Å². The van der Waals surface area contributed by atoms with Crippen molar-refractivity contribution < 1.29 is 13.5 Å². The van der Waals surface area contributed by atoms with Gasteiger partial charge in [-0.25, -0.2) is 8.78 Å². The van der Waals surface area contributed by atoms with Crippen LogP contribution >= 0.6 is 0 Å². The van der Waals surface area contributed by atoms with E-state index in [0.29, 0.717) is 24.9 Å². The summed E-state index contributed by atoms with van der Waals surface area (Å²) in [5.41, 5.74) is 4.55. The summed E-state index contributed by atoms with van der Waals surface area (Å²) in [5, 5.41) is 0. The van der Waals surface area contributed by atoms with Crippen LogP contribution in [0.2, 0.25) is 0 Å². The van der Waals surface area contributed by atoms with Crippen molar-refractivity contribution >= 4 is 0 Å². The third-order valence-electron chi connectivity index (χ3n) is 2.64. The van der Waals surface area contributed by atoms with Gasteiger partial charge in [0.15, 0.2) is 0 Å². The maximum absolute atomic E-state index is 14.5. The van der Waals surface area contributed by atoms with Crippen LogP contribution in [0.25, 0.3) is 0 Å². The second-order valence-electron chi connectivity index (χ2n) is 4.28. The molecule has 2 N–H and O–H groups in total. The summed E-state index contributed by atoms with van der Waals surface area (Å²) in [6.07, 6.45) is 1.07. The van der Waals surface area contributed by atoms with E-state index in [1.807, 2.05) is 0 Å². The van der Waals surface area contributed by atoms with Crippen LogP contribution in [-0.2, 0) is 11.2 Å². The van der Waals surface area contributed by atoms with Gasteiger partial charge in [0.05, 0.1) is 6.61 Å². The molecular formula is C13H19F2NO. The fourth-order valence-electron chi connectivity index (χ4n) is 1.90. The summed E-state index contributed by atoms with van der Waals surface area (Å²) in [4.78, 5) is 0. The third kappa shape index (κ3) is 4.79. The molecule has 17 heavy (non-hydrogen) atoms. The van der Waals surface area contributed by atoms with Gasteiger partial charge in [0.1, 0.15) is 11.5 Å². The van der Waals surface area contributed by atoms with Crippen molar-refractivity contribution in [2.24, 2.45) is 5.73 Å². The van der Waals surface area contributed by atoms with Gasteiger partial charge in [-0.2, -0.15) is 0 Å². The average Bonchev–Trinajstić information content (AvgIpc) is 2.27. The molecule has 0 saturated heterocycles. The highest BCUT2D eigenvalue weighted by molar-refractivity contribution is 5.18. The maximum Gasteiger partial charge on any atom is 0.138 e. The Bertz CT molecular complexity index is 346. The molecule has 0 spiro atoms. The minimum Gasteiger partial charge on any atom is -0.381 e. The topological polar surface area (TPSA) is 35.2 Å². The zero-order chi connectivity index (χ0) is 12.7. The Hall–Kier alpha value is -1.00. The Labute approximate surface area is 101 Å². The molecule has 4 heteroatoms. The quantitative estimate of drug-likeness (QED) is 0.798. The zero-order valence-electron chi connectivity index (χ0n) is 10.1. The van der Waals surface area contributed by atoms with Gasteiger partial charge < -0.3 is 10.5 Å². The summed E-state index contributed by atoms with van der Waals surface area (Å²) in [6.45, 7) is 0.446. The van der Waals surface area contributed by atoms with E-state index in [9.17, 15) is 8.78 Å². The molecule has 96 valence electrons. The molecule has 0 amide bonds. The number of nitrogens with two attached hydrogens (primary N) is 1. The second kappa shape index (κ2) is 6.67. The fraction of sp³-hybridized carbons (Fsp3) is 0.538. The summed E-state index contributed by atoms with van der Waals surface area (Å²) in [6, 6.07) is 6.00. The van der Waals surface area contributed by atoms with E-state index < -0.39 is 5.67 Å². The fourth-order valence-corrected chi connectivity index (χ4v) is 1.90. The van der Waals surface area contributed by atoms with Crippen molar-refractivity contribution in [3.8, 4) is 0 Å². The van der Waals surface area contributed by atoms with Gasteiger partial charge in [-0.15, -0.1) is 0 Å². The van der Waals surface area contributed by atoms with Crippen LogP contribution in [0.4, 0.5) is 8.78 Å². The minimum atomic E-state index is -1.47. The number of alkyl halides is 1. The van der Waals surface area contributed by atoms with E-state index in [-0.39, 0.29) is 18.8 Å². The number of hydrogen-bond acceptors (Lipinski definition) is 2. The Morgan fingerprint density at radius 2 is 2.18 bits per heavy atom. The van der Waals surface area contributed by atoms with Crippen LogP contribution in [0, 0.1) is 5.82 Å². The standard InChI is InChI=1S/C13H19F2NO/c1-17-10-13(15,6-3-7-16)9-11-4-2-5-12(14)8-11/h2,4-5,8H,3,6-7,9-10,16H2,1H3. The van der Waals surface area contributed by atoms with E-state index >= 15 is 0 Å². The first-order valence-corrected chi connectivity index (χ1v) is 5.72. The van der Waals surface area contributed by atoms with E-state index in [1.54, 1.807) is 12.1 Å². The van der Waals surface area contributed by atoms with Crippen molar-refractivity contribution in [2.75, 3.05) is 20.3 Å². The largest absolute Gasteiger partial charge is 0.381 e. The maximum atomic E-state index is 14.5. The smallest absolute Gasteiger partial charge is 0.138 e. The SMILES string of the molecule is COCC(F)(CCCN)Cc1cccc(F)c1. The van der Waals surface area contributed by atoms with Gasteiger partial charge in [0.25, 0.3) is 0 Å². The molecule has 1 aromatic rings. The lowest BCUT2D eigenvalue weighted by Crippen LogP contribution is -2.32. The molecule has 0 bridgehead atoms. The number of rotatable bonds is 7. The van der Waals surface area contributed by atoms with Gasteiger partial charge in [-0.1, -0.05) is 12.1 Å². The lowest BCUT2D eigenvalue weighted by molar-refractivity contribution is 0.0334. The first-order valence-electron chi connectivity index (χ1n) is 5.72. The number of hydrogen-bond donors (Lipinski definition) is 1. The summed E-state index contributed by atoms with van der Waals surface area (Å²) in [7, 11) is 1.46. The molecule has 0 aliphatic carbocycles. The number of halogens is 2. The normalized spacial score (nSPS) is 14.6. The Balaban J connectivity index is 2.71. The average molecular weight is 243 g/mol. The molecular weight excluding hydrogens is 224 g/mol. The van der Waals surface area contributed by atoms with E-state index in [0.717, 1.165) is 0 Å². The van der Waals surface area contributed by atoms with Crippen molar-refractivity contribution in [1.29, 1.82) is 0 Å². The molecule has 0 fully saturated rings. The molecule has 0 aromatic heterocycles. The first kappa shape index (κ1) is 14.1. The van der Waals surface area contributed by atoms with Gasteiger partial charge in [0.2, 0.25) is 0 Å². The third-order valence-corrected chi connectivity index (χ3v) is 2.64. The van der Waals surface area contributed by atoms with Crippen LogP contribution < -0.4 is 5.73 Å². The Morgan fingerprint density at radius 1 is 1.41 bits per heavy atom. The molecule has 0 saturated carbocycles. The summed E-state index contributed by atoms with van der Waals surface area (Å²) >= 11 is 0. The lowest BCUT2D eigenvalue weighted by Gasteiger charge is -2.24. The van der Waals surface area contributed by atoms with Crippen LogP contribution in [0.5, 0.6) is 0 Å². The molecule has 1 aromatic carbocycles. The van der Waals surface area contributed by atoms with Crippen molar-refractivity contribution in [1.82, 2.24) is 0 Å². The van der Waals surface area contributed by atoms with Crippen LogP contribution in [0.15, 0.2) is 24.3 Å². The van der Waals surface area contributed by atoms with Crippen molar-refractivity contribution in [3.63, 3.8) is 0 Å². The first-order chi connectivity index (χ1) is 8.09. The molecule has 1 unspecified atom stereocenters. The van der Waals surface area contributed by atoms with Crippen molar-refractivity contribution in [3.05, 3.63) is 35.6 Å². The summed E-state index contributed by atoms with van der Waals surface area (Å²) in [5.74, 6) is -0.346. The highest BCUT2D eigenvalue weighted by Gasteiger charge is 2.29. The molecule has 0 radical (unpaired) electrons. The molecule has 0 heterocycles. The monoisotopic (exact) mass is 243 g/mol. The van der Waals surface area contributed by atoms with Gasteiger partial charge in [0, 0.05) is 13.5 Å². The van der Waals surface area contributed by atoms with E-state index in [4.69, 9.17) is 10.5 Å². The Kier molecular flexibility index (Phi) is 5.51. The minimum absolute atomic E-state index is 0.00349. The predicted octanol–water partition coefficient (Wildman–Crippen LogP) is 2.46. The Morgan fingerprint density at radius 3 is 2.76 bits per heavy atom. The van der Waals surface area contributed by atoms with Gasteiger partial charge in [-0.05, 0) is 37.1 Å². The number of ether oxygens (including phenoxy) is 1. The second-order valence-corrected chi connectivity index (χ2v) is 4.28. The van der Waals surface area contributed by atoms with Gasteiger partial charge >= 0.3 is 0 Å². The summed E-state index contributed by atoms with van der Waals surface area (Å²) < 4.78 is 32.4. The predicted molar refractivity (Wildman–Crippen MR) is 64.1 cm³/mol. The van der Waals surface area contributed by atoms with Crippen LogP contribution in [0.1, 0.15) is 18.4 Å². The zero-order valence-corrected chi connectivity index (χ0v) is 10.1. The molecule has 2 nitrogen and oxygen atoms in total. The van der Waals surface area contributed by atoms with E-state index in [1.165, 1.54) is 19.2 Å². The molecule has 0 aliphatic heterocycles.